The molecule has 1 aliphatic rings. The summed E-state index contributed by atoms with van der Waals surface area (Å²) in [6, 6.07) is 16.6. The maximum absolute atomic E-state index is 5.61. The summed E-state index contributed by atoms with van der Waals surface area (Å²) in [5.41, 5.74) is 3.57. The highest BCUT2D eigenvalue weighted by atomic mass is 16.5. The zero-order valence-corrected chi connectivity index (χ0v) is 17.5. The largest absolute Gasteiger partial charge is 0.493 e. The number of imidazole rings is 1. The van der Waals surface area contributed by atoms with Crippen LogP contribution in [-0.4, -0.2) is 41.8 Å². The number of hydrogen-bond acceptors (Lipinski definition) is 4. The third-order valence-corrected chi connectivity index (χ3v) is 5.78. The Bertz CT molecular complexity index is 952. The predicted octanol–water partition coefficient (Wildman–Crippen LogP) is 4.40. The summed E-state index contributed by atoms with van der Waals surface area (Å²) in [6.45, 7) is 6.20. The van der Waals surface area contributed by atoms with E-state index in [1.807, 2.05) is 24.4 Å². The lowest BCUT2D eigenvalue weighted by Crippen LogP contribution is -2.22. The van der Waals surface area contributed by atoms with Crippen molar-refractivity contribution in [2.75, 3.05) is 27.3 Å². The van der Waals surface area contributed by atoms with E-state index in [-0.39, 0.29) is 0 Å². The van der Waals surface area contributed by atoms with E-state index in [0.717, 1.165) is 43.5 Å². The monoisotopic (exact) mass is 391 g/mol. The van der Waals surface area contributed by atoms with Crippen molar-refractivity contribution in [3.05, 3.63) is 66.0 Å². The average Bonchev–Trinajstić information content (AvgIpc) is 3.35. The van der Waals surface area contributed by atoms with Gasteiger partial charge < -0.3 is 14.0 Å². The Morgan fingerprint density at radius 2 is 1.86 bits per heavy atom. The molecular formula is C24H29N3O2. The molecule has 4 rings (SSSR count). The van der Waals surface area contributed by atoms with E-state index in [2.05, 4.69) is 51.7 Å². The van der Waals surface area contributed by atoms with Gasteiger partial charge in [0.2, 0.25) is 0 Å². The van der Waals surface area contributed by atoms with Crippen LogP contribution in [0.4, 0.5) is 0 Å². The molecule has 0 aliphatic carbocycles. The molecule has 0 saturated carbocycles. The molecule has 2 heterocycles. The second-order valence-corrected chi connectivity index (χ2v) is 7.74. The Morgan fingerprint density at radius 3 is 2.62 bits per heavy atom. The fourth-order valence-corrected chi connectivity index (χ4v) is 4.29. The van der Waals surface area contributed by atoms with Crippen molar-refractivity contribution >= 4 is 0 Å². The molecule has 0 N–H and O–H groups in total. The van der Waals surface area contributed by atoms with Crippen LogP contribution >= 0.6 is 0 Å². The van der Waals surface area contributed by atoms with Crippen LogP contribution in [0, 0.1) is 12.8 Å². The van der Waals surface area contributed by atoms with Gasteiger partial charge >= 0.3 is 0 Å². The highest BCUT2D eigenvalue weighted by molar-refractivity contribution is 5.55. The first-order valence-corrected chi connectivity index (χ1v) is 10.2. The second-order valence-electron chi connectivity index (χ2n) is 7.74. The minimum atomic E-state index is 0.613. The van der Waals surface area contributed by atoms with E-state index < -0.39 is 0 Å². The van der Waals surface area contributed by atoms with Crippen LogP contribution in [0.25, 0.3) is 11.4 Å². The zero-order chi connectivity index (χ0) is 20.2. The Kier molecular flexibility index (Phi) is 5.86. The number of benzene rings is 2. The normalized spacial score (nSPS) is 16.9. The van der Waals surface area contributed by atoms with Crippen LogP contribution in [-0.2, 0) is 13.1 Å². The minimum absolute atomic E-state index is 0.613. The smallest absolute Gasteiger partial charge is 0.165 e. The van der Waals surface area contributed by atoms with Gasteiger partial charge in [0.25, 0.3) is 0 Å². The Labute approximate surface area is 172 Å². The summed E-state index contributed by atoms with van der Waals surface area (Å²) in [5.74, 6) is 3.32. The summed E-state index contributed by atoms with van der Waals surface area (Å²) >= 11 is 0. The third-order valence-electron chi connectivity index (χ3n) is 5.78. The molecule has 1 fully saturated rings. The summed E-state index contributed by atoms with van der Waals surface area (Å²) in [4.78, 5) is 7.19. The van der Waals surface area contributed by atoms with E-state index in [0.29, 0.717) is 5.92 Å². The Balaban J connectivity index is 1.45. The van der Waals surface area contributed by atoms with Gasteiger partial charge in [-0.2, -0.15) is 0 Å². The van der Waals surface area contributed by atoms with E-state index in [1.54, 1.807) is 14.2 Å². The van der Waals surface area contributed by atoms with Crippen LogP contribution < -0.4 is 9.47 Å². The van der Waals surface area contributed by atoms with Crippen LogP contribution in [0.5, 0.6) is 11.5 Å². The summed E-state index contributed by atoms with van der Waals surface area (Å²) in [7, 11) is 3.40. The van der Waals surface area contributed by atoms with Crippen molar-refractivity contribution in [3.63, 3.8) is 0 Å². The fourth-order valence-electron chi connectivity index (χ4n) is 4.29. The first kappa shape index (κ1) is 19.5. The standard InChI is InChI=1S/C24H29N3O2/c1-18-14-25-24(20-8-5-4-6-9-20)27(18)16-19-12-13-26(15-19)17-21-10-7-11-22(28-2)23(21)29-3/h4-11,14,19H,12-13,15-17H2,1-3H3. The quantitative estimate of drug-likeness (QED) is 0.599. The van der Waals surface area contributed by atoms with E-state index in [9.17, 15) is 0 Å². The second kappa shape index (κ2) is 8.70. The number of aryl methyl sites for hydroxylation is 1. The molecule has 1 aliphatic heterocycles. The predicted molar refractivity (Wildman–Crippen MR) is 115 cm³/mol. The van der Waals surface area contributed by atoms with Crippen LogP contribution in [0.2, 0.25) is 0 Å². The van der Waals surface area contributed by atoms with Gasteiger partial charge in [-0.25, -0.2) is 4.98 Å². The SMILES string of the molecule is COc1cccc(CN2CCC(Cn3c(C)cnc3-c3ccccc3)C2)c1OC. The maximum atomic E-state index is 5.61. The lowest BCUT2D eigenvalue weighted by Gasteiger charge is -2.20. The summed E-state index contributed by atoms with van der Waals surface area (Å²) in [6.07, 6.45) is 3.17. The van der Waals surface area contributed by atoms with Gasteiger partial charge in [-0.3, -0.25) is 4.90 Å². The Hall–Kier alpha value is -2.79. The highest BCUT2D eigenvalue weighted by Gasteiger charge is 2.25. The molecule has 0 amide bonds. The first-order valence-electron chi connectivity index (χ1n) is 10.2. The van der Waals surface area contributed by atoms with Gasteiger partial charge in [0.15, 0.2) is 11.5 Å². The molecule has 3 aromatic rings. The van der Waals surface area contributed by atoms with Gasteiger partial charge in [-0.05, 0) is 31.9 Å². The molecular weight excluding hydrogens is 362 g/mol. The maximum Gasteiger partial charge on any atom is 0.165 e. The van der Waals surface area contributed by atoms with Crippen LogP contribution in [0.1, 0.15) is 17.7 Å². The van der Waals surface area contributed by atoms with Gasteiger partial charge in [-0.1, -0.05) is 42.5 Å². The van der Waals surface area contributed by atoms with Crippen molar-refractivity contribution in [3.8, 4) is 22.9 Å². The van der Waals surface area contributed by atoms with Crippen molar-refractivity contribution in [1.29, 1.82) is 0 Å². The molecule has 152 valence electrons. The molecule has 1 atom stereocenters. The summed E-state index contributed by atoms with van der Waals surface area (Å²) in [5, 5.41) is 0. The lowest BCUT2D eigenvalue weighted by atomic mass is 10.1. The minimum Gasteiger partial charge on any atom is -0.493 e. The number of ether oxygens (including phenoxy) is 2. The third kappa shape index (κ3) is 4.15. The molecule has 1 unspecified atom stereocenters. The molecule has 2 aromatic carbocycles. The molecule has 1 saturated heterocycles. The van der Waals surface area contributed by atoms with E-state index in [1.165, 1.54) is 23.2 Å². The number of hydrogen-bond donors (Lipinski definition) is 0. The average molecular weight is 392 g/mol. The van der Waals surface area contributed by atoms with E-state index in [4.69, 9.17) is 9.47 Å². The van der Waals surface area contributed by atoms with Crippen LogP contribution in [0.3, 0.4) is 0 Å². The number of likely N-dealkylation sites (tertiary alicyclic amines) is 1. The molecule has 5 heteroatoms. The Morgan fingerprint density at radius 1 is 1.03 bits per heavy atom. The van der Waals surface area contributed by atoms with Gasteiger partial charge in [0.1, 0.15) is 5.82 Å². The summed E-state index contributed by atoms with van der Waals surface area (Å²) < 4.78 is 13.4. The number of methoxy groups -OCH3 is 2. The van der Waals surface area contributed by atoms with Crippen molar-refractivity contribution in [1.82, 2.24) is 14.5 Å². The molecule has 5 nitrogen and oxygen atoms in total. The first-order chi connectivity index (χ1) is 14.2. The van der Waals surface area contributed by atoms with Gasteiger partial charge in [0.05, 0.1) is 14.2 Å². The molecule has 0 radical (unpaired) electrons. The van der Waals surface area contributed by atoms with Crippen molar-refractivity contribution < 1.29 is 9.47 Å². The number of rotatable bonds is 7. The molecule has 1 aromatic heterocycles. The topological polar surface area (TPSA) is 39.5 Å². The van der Waals surface area contributed by atoms with Gasteiger partial charge in [0, 0.05) is 42.7 Å². The highest BCUT2D eigenvalue weighted by Crippen LogP contribution is 2.33. The number of nitrogens with zero attached hydrogens (tertiary/aromatic N) is 3. The van der Waals surface area contributed by atoms with Crippen LogP contribution in [0.15, 0.2) is 54.7 Å². The molecule has 29 heavy (non-hydrogen) atoms. The zero-order valence-electron chi connectivity index (χ0n) is 17.5. The van der Waals surface area contributed by atoms with E-state index >= 15 is 0 Å². The van der Waals surface area contributed by atoms with Crippen molar-refractivity contribution in [2.24, 2.45) is 5.92 Å². The fraction of sp³-hybridized carbons (Fsp3) is 0.375. The number of aromatic nitrogens is 2. The molecule has 0 bridgehead atoms. The van der Waals surface area contributed by atoms with Gasteiger partial charge in [-0.15, -0.1) is 0 Å². The number of para-hydroxylation sites is 1. The van der Waals surface area contributed by atoms with Crippen molar-refractivity contribution in [2.45, 2.75) is 26.4 Å². The molecule has 0 spiro atoms. The lowest BCUT2D eigenvalue weighted by molar-refractivity contribution is 0.297.